The van der Waals surface area contributed by atoms with Gasteiger partial charge in [-0.3, -0.25) is 9.78 Å². The average molecular weight is 517 g/mol. The molecule has 0 radical (unpaired) electrons. The summed E-state index contributed by atoms with van der Waals surface area (Å²) in [5.74, 6) is 0.657. The molecule has 0 unspecified atom stereocenters. The number of phenols is 1. The van der Waals surface area contributed by atoms with Crippen molar-refractivity contribution in [3.63, 3.8) is 0 Å². The van der Waals surface area contributed by atoms with Crippen LogP contribution in [0.25, 0.3) is 11.1 Å². The Morgan fingerprint density at radius 1 is 1.03 bits per heavy atom. The number of aromatic hydroxyl groups is 1. The Morgan fingerprint density at radius 3 is 2.41 bits per heavy atom. The van der Waals surface area contributed by atoms with Gasteiger partial charge in [-0.1, -0.05) is 36.4 Å². The van der Waals surface area contributed by atoms with Crippen LogP contribution in [-0.4, -0.2) is 39.2 Å². The number of aromatic nitrogens is 1. The number of β-lactam (4-membered cyclic amide) rings is 1. The summed E-state index contributed by atoms with van der Waals surface area (Å²) in [7, 11) is 1.60. The largest absolute Gasteiger partial charge is 0.508 e. The van der Waals surface area contributed by atoms with E-state index in [0.717, 1.165) is 22.4 Å². The lowest BCUT2D eigenvalue weighted by Crippen LogP contribution is -2.57. The number of aliphatic hydroxyl groups excluding tert-OH is 1. The minimum atomic E-state index is -0.831. The van der Waals surface area contributed by atoms with Gasteiger partial charge in [-0.15, -0.1) is 11.8 Å². The van der Waals surface area contributed by atoms with Gasteiger partial charge in [-0.2, -0.15) is 0 Å². The van der Waals surface area contributed by atoms with Crippen molar-refractivity contribution in [1.82, 2.24) is 4.98 Å². The number of amides is 1. The van der Waals surface area contributed by atoms with Crippen molar-refractivity contribution in [3.05, 3.63) is 108 Å². The molecule has 2 N–H and O–H groups in total. The SMILES string of the molecule is COc1cnccc1-c1ccc(N2C(=O)[C@H](SC[C@@H](O)c3ccc(F)cc3)[C@H]2c2ccc(O)cc2)cc1. The lowest BCUT2D eigenvalue weighted by Gasteiger charge is -2.47. The Bertz CT molecular complexity index is 1380. The van der Waals surface area contributed by atoms with Crippen molar-refractivity contribution in [3.8, 4) is 22.6 Å². The number of hydrogen-bond donors (Lipinski definition) is 2. The number of carbonyl (C=O) groups is 1. The van der Waals surface area contributed by atoms with Crippen molar-refractivity contribution >= 4 is 23.4 Å². The van der Waals surface area contributed by atoms with E-state index in [4.69, 9.17) is 4.74 Å². The molecule has 4 aromatic rings. The maximum atomic E-state index is 13.4. The minimum Gasteiger partial charge on any atom is -0.508 e. The summed E-state index contributed by atoms with van der Waals surface area (Å²) in [6.07, 6.45) is 2.53. The Hall–Kier alpha value is -3.88. The average Bonchev–Trinajstić information content (AvgIpc) is 2.93. The van der Waals surface area contributed by atoms with Crippen LogP contribution in [-0.2, 0) is 4.79 Å². The highest BCUT2D eigenvalue weighted by Gasteiger charge is 2.49. The van der Waals surface area contributed by atoms with Crippen LogP contribution in [0, 0.1) is 5.82 Å². The minimum absolute atomic E-state index is 0.0661. The molecule has 0 bridgehead atoms. The molecule has 5 rings (SSSR count). The van der Waals surface area contributed by atoms with Gasteiger partial charge in [0.05, 0.1) is 25.5 Å². The van der Waals surface area contributed by atoms with Crippen LogP contribution in [0.4, 0.5) is 10.1 Å². The first-order valence-electron chi connectivity index (χ1n) is 11.7. The molecule has 1 aliphatic heterocycles. The predicted octanol–water partition coefficient (Wildman–Crippen LogP) is 5.53. The van der Waals surface area contributed by atoms with Crippen LogP contribution in [0.3, 0.4) is 0 Å². The molecule has 188 valence electrons. The van der Waals surface area contributed by atoms with E-state index < -0.39 is 11.4 Å². The topological polar surface area (TPSA) is 82.9 Å². The summed E-state index contributed by atoms with van der Waals surface area (Å²) in [5, 5.41) is 20.0. The third-order valence-corrected chi connectivity index (χ3v) is 7.76. The standard InChI is InChI=1S/C29H25FN2O4S/c1-36-26-16-31-15-14-24(26)18-4-10-22(11-5-18)32-27(20-6-12-23(33)13-7-20)28(29(32)35)37-17-25(34)19-2-8-21(30)9-3-19/h2-16,25,27-28,33-34H,17H2,1H3/t25-,27-,28-/m1/s1. The van der Waals surface area contributed by atoms with Gasteiger partial charge in [0.15, 0.2) is 0 Å². The van der Waals surface area contributed by atoms with Gasteiger partial charge in [0.1, 0.15) is 22.6 Å². The number of pyridine rings is 1. The molecular weight excluding hydrogens is 491 g/mol. The second kappa shape index (κ2) is 10.6. The zero-order valence-corrected chi connectivity index (χ0v) is 20.8. The number of carbonyl (C=O) groups excluding carboxylic acids is 1. The first kappa shape index (κ1) is 24.8. The number of ether oxygens (including phenoxy) is 1. The molecule has 2 heterocycles. The van der Waals surface area contributed by atoms with Gasteiger partial charge >= 0.3 is 0 Å². The predicted molar refractivity (Wildman–Crippen MR) is 142 cm³/mol. The molecule has 6 nitrogen and oxygen atoms in total. The molecule has 3 aromatic carbocycles. The van der Waals surface area contributed by atoms with Crippen molar-refractivity contribution in [2.75, 3.05) is 17.8 Å². The molecule has 3 atom stereocenters. The van der Waals surface area contributed by atoms with Crippen molar-refractivity contribution in [2.24, 2.45) is 0 Å². The van der Waals surface area contributed by atoms with Crippen molar-refractivity contribution in [1.29, 1.82) is 0 Å². The number of nitrogens with zero attached hydrogens (tertiary/aromatic N) is 2. The van der Waals surface area contributed by atoms with Crippen LogP contribution in [0.2, 0.25) is 0 Å². The molecular formula is C29H25FN2O4S. The van der Waals surface area contributed by atoms with Gasteiger partial charge in [0.25, 0.3) is 0 Å². The first-order valence-corrected chi connectivity index (χ1v) is 12.8. The fraction of sp³-hybridized carbons (Fsp3) is 0.172. The highest BCUT2D eigenvalue weighted by Crippen LogP contribution is 2.46. The molecule has 0 saturated carbocycles. The summed E-state index contributed by atoms with van der Waals surface area (Å²) < 4.78 is 18.7. The molecule has 1 saturated heterocycles. The van der Waals surface area contributed by atoms with Crippen LogP contribution in [0.1, 0.15) is 23.3 Å². The summed E-state index contributed by atoms with van der Waals surface area (Å²) in [6.45, 7) is 0. The molecule has 1 aromatic heterocycles. The Balaban J connectivity index is 1.38. The number of rotatable bonds is 8. The summed E-state index contributed by atoms with van der Waals surface area (Å²) in [4.78, 5) is 19.2. The highest BCUT2D eigenvalue weighted by molar-refractivity contribution is 8.00. The third-order valence-electron chi connectivity index (χ3n) is 6.43. The van der Waals surface area contributed by atoms with Crippen LogP contribution < -0.4 is 9.64 Å². The van der Waals surface area contributed by atoms with E-state index in [0.29, 0.717) is 11.3 Å². The Morgan fingerprint density at radius 2 is 1.73 bits per heavy atom. The smallest absolute Gasteiger partial charge is 0.243 e. The van der Waals surface area contributed by atoms with E-state index in [1.165, 1.54) is 23.9 Å². The van der Waals surface area contributed by atoms with Crippen LogP contribution in [0.15, 0.2) is 91.3 Å². The second-order valence-corrected chi connectivity index (χ2v) is 9.86. The van der Waals surface area contributed by atoms with E-state index >= 15 is 0 Å². The molecule has 1 amide bonds. The van der Waals surface area contributed by atoms with E-state index in [9.17, 15) is 19.4 Å². The van der Waals surface area contributed by atoms with E-state index in [1.807, 2.05) is 30.3 Å². The molecule has 1 aliphatic rings. The van der Waals surface area contributed by atoms with Gasteiger partial charge in [0, 0.05) is 23.2 Å². The zero-order valence-electron chi connectivity index (χ0n) is 20.0. The number of thioether (sulfide) groups is 1. The number of anilines is 1. The maximum absolute atomic E-state index is 13.4. The summed E-state index contributed by atoms with van der Waals surface area (Å²) in [6, 6.07) is 21.8. The van der Waals surface area contributed by atoms with Crippen LogP contribution >= 0.6 is 11.8 Å². The van der Waals surface area contributed by atoms with E-state index in [1.54, 1.807) is 60.8 Å². The lowest BCUT2D eigenvalue weighted by atomic mass is 9.92. The second-order valence-electron chi connectivity index (χ2n) is 8.69. The first-order chi connectivity index (χ1) is 18.0. The number of halogens is 1. The summed E-state index contributed by atoms with van der Waals surface area (Å²) >= 11 is 1.37. The van der Waals surface area contributed by atoms with Gasteiger partial charge < -0.3 is 19.8 Å². The van der Waals surface area contributed by atoms with Gasteiger partial charge in [-0.25, -0.2) is 4.39 Å². The number of benzene rings is 3. The Labute approximate surface area is 218 Å². The molecule has 0 aliphatic carbocycles. The Kier molecular flexibility index (Phi) is 7.12. The summed E-state index contributed by atoms with van der Waals surface area (Å²) in [5.41, 5.74) is 4.06. The molecule has 37 heavy (non-hydrogen) atoms. The fourth-order valence-electron chi connectivity index (χ4n) is 4.47. The number of phenolic OH excluding ortho intramolecular Hbond substituents is 1. The van der Waals surface area contributed by atoms with Crippen molar-refractivity contribution < 1.29 is 24.1 Å². The number of aliphatic hydroxyl groups is 1. The van der Waals surface area contributed by atoms with E-state index in [2.05, 4.69) is 4.98 Å². The molecule has 8 heteroatoms. The normalized spacial score (nSPS) is 17.8. The maximum Gasteiger partial charge on any atom is 0.243 e. The number of methoxy groups -OCH3 is 1. The fourth-order valence-corrected chi connectivity index (χ4v) is 5.77. The lowest BCUT2D eigenvalue weighted by molar-refractivity contribution is -0.123. The van der Waals surface area contributed by atoms with E-state index in [-0.39, 0.29) is 29.3 Å². The highest BCUT2D eigenvalue weighted by atomic mass is 32.2. The van der Waals surface area contributed by atoms with Gasteiger partial charge in [-0.05, 0) is 59.2 Å². The van der Waals surface area contributed by atoms with Gasteiger partial charge in [0.2, 0.25) is 5.91 Å². The molecule has 0 spiro atoms. The molecule has 1 fully saturated rings. The zero-order chi connectivity index (χ0) is 25.9. The third kappa shape index (κ3) is 5.03. The number of hydrogen-bond acceptors (Lipinski definition) is 6. The monoisotopic (exact) mass is 516 g/mol. The van der Waals surface area contributed by atoms with Crippen molar-refractivity contribution in [2.45, 2.75) is 17.4 Å². The van der Waals surface area contributed by atoms with Crippen LogP contribution in [0.5, 0.6) is 11.5 Å². The quantitative estimate of drug-likeness (QED) is 0.300.